The number of carbonyl (C=O) groups is 1. The van der Waals surface area contributed by atoms with Crippen LogP contribution < -0.4 is 5.32 Å². The van der Waals surface area contributed by atoms with Crippen molar-refractivity contribution in [1.82, 2.24) is 5.32 Å². The number of rotatable bonds is 4. The Morgan fingerprint density at radius 1 is 1.24 bits per heavy atom. The molecule has 1 heterocycles. The molecule has 1 aromatic carbocycles. The van der Waals surface area contributed by atoms with E-state index in [4.69, 9.17) is 4.74 Å². The zero-order valence-corrected chi connectivity index (χ0v) is 14.7. The van der Waals surface area contributed by atoms with E-state index in [0.29, 0.717) is 5.33 Å². The molecule has 0 radical (unpaired) electrons. The Morgan fingerprint density at radius 3 is 2.33 bits per heavy atom. The predicted octanol–water partition coefficient (Wildman–Crippen LogP) is 3.47. The van der Waals surface area contributed by atoms with E-state index in [-0.39, 0.29) is 30.0 Å². The average molecular weight is 354 g/mol. The molecule has 1 fully saturated rings. The first-order chi connectivity index (χ1) is 9.89. The Kier molecular flexibility index (Phi) is 5.10. The predicted molar refractivity (Wildman–Crippen MR) is 88.4 cm³/mol. The number of nitrogens with one attached hydrogen (secondary N) is 1. The van der Waals surface area contributed by atoms with Gasteiger partial charge in [0.2, 0.25) is 5.91 Å². The molecule has 4 heteroatoms. The van der Waals surface area contributed by atoms with Crippen LogP contribution >= 0.6 is 15.9 Å². The summed E-state index contributed by atoms with van der Waals surface area (Å²) in [7, 11) is 0. The third-order valence-corrected chi connectivity index (χ3v) is 5.74. The van der Waals surface area contributed by atoms with Crippen LogP contribution in [0.4, 0.5) is 0 Å². The molecule has 0 bridgehead atoms. The molecular weight excluding hydrogens is 330 g/mol. The Labute approximate surface area is 135 Å². The van der Waals surface area contributed by atoms with Crippen molar-refractivity contribution in [3.8, 4) is 0 Å². The Bertz CT molecular complexity index is 493. The summed E-state index contributed by atoms with van der Waals surface area (Å²) in [6.45, 7) is 8.16. The van der Waals surface area contributed by atoms with Gasteiger partial charge in [0, 0.05) is 5.33 Å². The number of hydrogen-bond donors (Lipinski definition) is 1. The number of halogens is 1. The summed E-state index contributed by atoms with van der Waals surface area (Å²) in [4.78, 5) is 12.7. The zero-order valence-electron chi connectivity index (χ0n) is 13.1. The molecule has 1 aromatic rings. The topological polar surface area (TPSA) is 38.3 Å². The highest BCUT2D eigenvalue weighted by atomic mass is 79.9. The van der Waals surface area contributed by atoms with Gasteiger partial charge in [-0.3, -0.25) is 4.79 Å². The summed E-state index contributed by atoms with van der Waals surface area (Å²) in [5, 5.41) is 3.89. The van der Waals surface area contributed by atoms with Crippen molar-refractivity contribution in [3.05, 3.63) is 35.9 Å². The summed E-state index contributed by atoms with van der Waals surface area (Å²) in [5.41, 5.74) is 0.686. The van der Waals surface area contributed by atoms with Crippen molar-refractivity contribution >= 4 is 21.8 Å². The Balaban J connectivity index is 2.17. The molecule has 5 unspecified atom stereocenters. The molecule has 1 aliphatic heterocycles. The van der Waals surface area contributed by atoms with Crippen LogP contribution in [0.3, 0.4) is 0 Å². The maximum absolute atomic E-state index is 12.7. The second-order valence-corrected chi connectivity index (χ2v) is 6.81. The molecule has 116 valence electrons. The van der Waals surface area contributed by atoms with Crippen LogP contribution in [0.5, 0.6) is 0 Å². The lowest BCUT2D eigenvalue weighted by atomic mass is 9.86. The van der Waals surface area contributed by atoms with Gasteiger partial charge in [0.25, 0.3) is 0 Å². The van der Waals surface area contributed by atoms with Crippen molar-refractivity contribution in [3.63, 3.8) is 0 Å². The number of carbonyl (C=O) groups excluding carboxylic acids is 1. The fourth-order valence-corrected chi connectivity index (χ4v) is 3.53. The molecule has 0 saturated carbocycles. The molecule has 0 spiro atoms. The van der Waals surface area contributed by atoms with E-state index in [1.54, 1.807) is 0 Å². The molecule has 0 aromatic heterocycles. The fourth-order valence-electron chi connectivity index (χ4n) is 3.06. The van der Waals surface area contributed by atoms with Crippen LogP contribution in [0.1, 0.15) is 33.3 Å². The highest BCUT2D eigenvalue weighted by Crippen LogP contribution is 2.33. The average Bonchev–Trinajstić information content (AvgIpc) is 2.73. The number of benzene rings is 1. The van der Waals surface area contributed by atoms with Gasteiger partial charge in [0.15, 0.2) is 0 Å². The molecule has 0 aliphatic carbocycles. The minimum atomic E-state index is -0.413. The lowest BCUT2D eigenvalue weighted by Gasteiger charge is -2.32. The summed E-state index contributed by atoms with van der Waals surface area (Å²) in [6.07, 6.45) is 0.0908. The lowest BCUT2D eigenvalue weighted by molar-refractivity contribution is -0.128. The molecule has 3 nitrogen and oxygen atoms in total. The standard InChI is InChI=1S/C17H24BrNO2/c1-11-12(2)21-13(3)15(11)16(20)19-17(4,10-18)14-8-6-5-7-9-14/h5-9,11-13,15H,10H2,1-4H3,(H,19,20). The first kappa shape index (κ1) is 16.5. The van der Waals surface area contributed by atoms with Crippen LogP contribution in [0, 0.1) is 11.8 Å². The normalized spacial score (nSPS) is 31.7. The van der Waals surface area contributed by atoms with Gasteiger partial charge in [-0.25, -0.2) is 0 Å². The van der Waals surface area contributed by atoms with E-state index in [0.717, 1.165) is 5.56 Å². The van der Waals surface area contributed by atoms with Gasteiger partial charge in [-0.05, 0) is 32.3 Å². The van der Waals surface area contributed by atoms with Crippen molar-refractivity contribution in [1.29, 1.82) is 0 Å². The highest BCUT2D eigenvalue weighted by Gasteiger charge is 2.43. The summed E-state index contributed by atoms with van der Waals surface area (Å²) in [5.74, 6) is 0.211. The second kappa shape index (κ2) is 6.49. The number of alkyl halides is 1. The SMILES string of the molecule is CC1OC(C)C(C(=O)NC(C)(CBr)c2ccccc2)C1C. The second-order valence-electron chi connectivity index (χ2n) is 6.25. The van der Waals surface area contributed by atoms with Crippen LogP contribution in [-0.4, -0.2) is 23.4 Å². The minimum Gasteiger partial charge on any atom is -0.374 e. The third kappa shape index (κ3) is 3.32. The van der Waals surface area contributed by atoms with Crippen LogP contribution in [0.15, 0.2) is 30.3 Å². The van der Waals surface area contributed by atoms with Gasteiger partial charge in [0.05, 0.1) is 23.7 Å². The minimum absolute atomic E-state index is 0.0367. The first-order valence-electron chi connectivity index (χ1n) is 7.48. The highest BCUT2D eigenvalue weighted by molar-refractivity contribution is 9.09. The molecule has 1 N–H and O–H groups in total. The molecule has 2 rings (SSSR count). The number of hydrogen-bond acceptors (Lipinski definition) is 2. The smallest absolute Gasteiger partial charge is 0.226 e. The monoisotopic (exact) mass is 353 g/mol. The van der Waals surface area contributed by atoms with Gasteiger partial charge >= 0.3 is 0 Å². The van der Waals surface area contributed by atoms with Crippen molar-refractivity contribution < 1.29 is 9.53 Å². The fraction of sp³-hybridized carbons (Fsp3) is 0.588. The van der Waals surface area contributed by atoms with Gasteiger partial charge < -0.3 is 10.1 Å². The van der Waals surface area contributed by atoms with E-state index < -0.39 is 5.54 Å². The Morgan fingerprint density at radius 2 is 1.86 bits per heavy atom. The Hall–Kier alpha value is -0.870. The first-order valence-corrected chi connectivity index (χ1v) is 8.60. The molecule has 5 atom stereocenters. The van der Waals surface area contributed by atoms with Crippen LogP contribution in [-0.2, 0) is 15.1 Å². The quantitative estimate of drug-likeness (QED) is 0.841. The van der Waals surface area contributed by atoms with Crippen LogP contribution in [0.2, 0.25) is 0 Å². The van der Waals surface area contributed by atoms with E-state index in [2.05, 4.69) is 28.2 Å². The molecular formula is C17H24BrNO2. The molecule has 1 amide bonds. The van der Waals surface area contributed by atoms with Crippen molar-refractivity contribution in [2.45, 2.75) is 45.4 Å². The van der Waals surface area contributed by atoms with E-state index in [1.807, 2.05) is 51.1 Å². The van der Waals surface area contributed by atoms with E-state index in [1.165, 1.54) is 0 Å². The zero-order chi connectivity index (χ0) is 15.6. The molecule has 1 saturated heterocycles. The van der Waals surface area contributed by atoms with Gasteiger partial charge in [-0.2, -0.15) is 0 Å². The van der Waals surface area contributed by atoms with Crippen molar-refractivity contribution in [2.75, 3.05) is 5.33 Å². The van der Waals surface area contributed by atoms with Gasteiger partial charge in [-0.1, -0.05) is 53.2 Å². The van der Waals surface area contributed by atoms with Gasteiger partial charge in [-0.15, -0.1) is 0 Å². The molecule has 21 heavy (non-hydrogen) atoms. The van der Waals surface area contributed by atoms with Gasteiger partial charge in [0.1, 0.15) is 0 Å². The third-order valence-electron chi connectivity index (χ3n) is 4.62. The van der Waals surface area contributed by atoms with E-state index >= 15 is 0 Å². The summed E-state index contributed by atoms with van der Waals surface area (Å²) >= 11 is 3.54. The summed E-state index contributed by atoms with van der Waals surface area (Å²) in [6, 6.07) is 10.1. The van der Waals surface area contributed by atoms with Crippen molar-refractivity contribution in [2.24, 2.45) is 11.8 Å². The number of amides is 1. The maximum atomic E-state index is 12.7. The maximum Gasteiger partial charge on any atom is 0.226 e. The number of ether oxygens (including phenoxy) is 1. The van der Waals surface area contributed by atoms with E-state index in [9.17, 15) is 4.79 Å². The largest absolute Gasteiger partial charge is 0.374 e. The summed E-state index contributed by atoms with van der Waals surface area (Å²) < 4.78 is 5.79. The molecule has 1 aliphatic rings. The van der Waals surface area contributed by atoms with Crippen LogP contribution in [0.25, 0.3) is 0 Å². The lowest BCUT2D eigenvalue weighted by Crippen LogP contribution is -2.49.